The summed E-state index contributed by atoms with van der Waals surface area (Å²) in [6, 6.07) is 8.10. The van der Waals surface area contributed by atoms with Gasteiger partial charge in [-0.3, -0.25) is 9.69 Å². The van der Waals surface area contributed by atoms with Crippen molar-refractivity contribution in [1.82, 2.24) is 15.1 Å². The lowest BCUT2D eigenvalue weighted by Crippen LogP contribution is -2.48. The van der Waals surface area contributed by atoms with Crippen molar-refractivity contribution in [3.8, 4) is 11.3 Å². The van der Waals surface area contributed by atoms with E-state index < -0.39 is 5.97 Å². The molecule has 2 heterocycles. The van der Waals surface area contributed by atoms with Crippen molar-refractivity contribution in [2.45, 2.75) is 0 Å². The number of aromatic nitrogens is 2. The minimum atomic E-state index is -0.838. The number of carboxylic acids is 1. The van der Waals surface area contributed by atoms with E-state index in [1.54, 1.807) is 24.3 Å². The van der Waals surface area contributed by atoms with Crippen LogP contribution < -0.4 is 10.6 Å². The van der Waals surface area contributed by atoms with E-state index in [0.717, 1.165) is 0 Å². The molecule has 0 saturated carbocycles. The largest absolute Gasteiger partial charge is 0.480 e. The first-order chi connectivity index (χ1) is 11.5. The van der Waals surface area contributed by atoms with E-state index >= 15 is 0 Å². The number of carbonyl (C=O) groups is 1. The fourth-order valence-corrected chi connectivity index (χ4v) is 2.78. The van der Waals surface area contributed by atoms with Crippen LogP contribution in [0.1, 0.15) is 0 Å². The number of halogens is 1. The molecule has 0 spiro atoms. The third-order valence-electron chi connectivity index (χ3n) is 4.02. The number of aliphatic carboxylic acids is 1. The lowest BCUT2D eigenvalue weighted by molar-refractivity contribution is -0.138. The molecule has 1 aromatic heterocycles. The van der Waals surface area contributed by atoms with Gasteiger partial charge in [0, 0.05) is 31.7 Å². The Morgan fingerprint density at radius 2 is 1.92 bits per heavy atom. The zero-order chi connectivity index (χ0) is 17.1. The molecule has 0 atom stereocenters. The molecule has 0 radical (unpaired) electrons. The molecule has 0 amide bonds. The van der Waals surface area contributed by atoms with E-state index in [-0.39, 0.29) is 18.2 Å². The standard InChI is InChI=1S/C16H18FN5O2/c17-12-4-2-1-3-11(12)13-9-14(16(18)20-19-13)22-7-5-21(6-8-22)10-15(23)24/h1-4,9H,5-8,10H2,(H2,18,20)(H,23,24). The van der Waals surface area contributed by atoms with Gasteiger partial charge in [-0.1, -0.05) is 12.1 Å². The summed E-state index contributed by atoms with van der Waals surface area (Å²) in [5.74, 6) is -0.925. The average Bonchev–Trinajstić information content (AvgIpc) is 2.56. The SMILES string of the molecule is Nc1nnc(-c2ccccc2F)cc1N1CCN(CC(=O)O)CC1. The van der Waals surface area contributed by atoms with Gasteiger partial charge in [0.1, 0.15) is 5.82 Å². The Morgan fingerprint density at radius 3 is 2.58 bits per heavy atom. The van der Waals surface area contributed by atoms with Crippen molar-refractivity contribution >= 4 is 17.5 Å². The Morgan fingerprint density at radius 1 is 1.21 bits per heavy atom. The summed E-state index contributed by atoms with van der Waals surface area (Å²) in [7, 11) is 0. The number of hydrogen-bond acceptors (Lipinski definition) is 6. The van der Waals surface area contributed by atoms with Crippen molar-refractivity contribution in [3.05, 3.63) is 36.1 Å². The summed E-state index contributed by atoms with van der Waals surface area (Å²) in [6.45, 7) is 2.50. The topological polar surface area (TPSA) is 95.6 Å². The molecule has 3 rings (SSSR count). The molecule has 2 aromatic rings. The van der Waals surface area contributed by atoms with Gasteiger partial charge < -0.3 is 15.7 Å². The second kappa shape index (κ2) is 6.79. The van der Waals surface area contributed by atoms with Crippen LogP contribution in [0.2, 0.25) is 0 Å². The second-order valence-corrected chi connectivity index (χ2v) is 5.64. The molecule has 1 saturated heterocycles. The molecule has 3 N–H and O–H groups in total. The van der Waals surface area contributed by atoms with Crippen molar-refractivity contribution in [2.24, 2.45) is 0 Å². The minimum Gasteiger partial charge on any atom is -0.480 e. The van der Waals surface area contributed by atoms with E-state index in [1.807, 2.05) is 9.80 Å². The highest BCUT2D eigenvalue weighted by Gasteiger charge is 2.21. The normalized spacial score (nSPS) is 15.5. The van der Waals surface area contributed by atoms with Crippen LogP contribution in [0, 0.1) is 5.82 Å². The van der Waals surface area contributed by atoms with Crippen LogP contribution in [-0.2, 0) is 4.79 Å². The molecule has 7 nitrogen and oxygen atoms in total. The number of nitrogen functional groups attached to an aromatic ring is 1. The number of piperazine rings is 1. The maximum atomic E-state index is 13.9. The van der Waals surface area contributed by atoms with Gasteiger partial charge in [0.2, 0.25) is 0 Å². The van der Waals surface area contributed by atoms with Crippen LogP contribution in [0.25, 0.3) is 11.3 Å². The second-order valence-electron chi connectivity index (χ2n) is 5.64. The highest BCUT2D eigenvalue weighted by atomic mass is 19.1. The van der Waals surface area contributed by atoms with Crippen molar-refractivity contribution in [2.75, 3.05) is 43.4 Å². The average molecular weight is 331 g/mol. The molecule has 8 heteroatoms. The summed E-state index contributed by atoms with van der Waals surface area (Å²) >= 11 is 0. The fraction of sp³-hybridized carbons (Fsp3) is 0.312. The first-order valence-electron chi connectivity index (χ1n) is 7.62. The number of carboxylic acid groups (broad SMARTS) is 1. The van der Waals surface area contributed by atoms with Gasteiger partial charge in [0.15, 0.2) is 5.82 Å². The van der Waals surface area contributed by atoms with Gasteiger partial charge in [-0.25, -0.2) is 4.39 Å². The first kappa shape index (κ1) is 16.1. The van der Waals surface area contributed by atoms with E-state index in [1.165, 1.54) is 6.07 Å². The third-order valence-corrected chi connectivity index (χ3v) is 4.02. The minimum absolute atomic E-state index is 0.0262. The molecule has 1 aliphatic heterocycles. The number of rotatable bonds is 4. The zero-order valence-corrected chi connectivity index (χ0v) is 13.0. The Balaban J connectivity index is 1.81. The molecule has 0 aliphatic carbocycles. The van der Waals surface area contributed by atoms with E-state index in [2.05, 4.69) is 10.2 Å². The highest BCUT2D eigenvalue weighted by Crippen LogP contribution is 2.28. The van der Waals surface area contributed by atoms with Crippen molar-refractivity contribution in [1.29, 1.82) is 0 Å². The third kappa shape index (κ3) is 3.43. The van der Waals surface area contributed by atoms with E-state index in [0.29, 0.717) is 43.1 Å². The Labute approximate surface area is 138 Å². The predicted octanol–water partition coefficient (Wildman–Crippen LogP) is 1.07. The van der Waals surface area contributed by atoms with Crippen LogP contribution >= 0.6 is 0 Å². The molecule has 0 bridgehead atoms. The molecule has 1 aliphatic rings. The Bertz CT molecular complexity index is 747. The molecule has 1 aromatic carbocycles. The van der Waals surface area contributed by atoms with Crippen LogP contribution in [-0.4, -0.2) is 58.9 Å². The van der Waals surface area contributed by atoms with Gasteiger partial charge in [-0.15, -0.1) is 10.2 Å². The Hall–Kier alpha value is -2.74. The maximum absolute atomic E-state index is 13.9. The molecular formula is C16H18FN5O2. The lowest BCUT2D eigenvalue weighted by Gasteiger charge is -2.35. The van der Waals surface area contributed by atoms with Crippen LogP contribution in [0.15, 0.2) is 30.3 Å². The number of anilines is 2. The van der Waals surface area contributed by atoms with Gasteiger partial charge in [0.05, 0.1) is 17.9 Å². The summed E-state index contributed by atoms with van der Waals surface area (Å²) in [5.41, 5.74) is 7.42. The van der Waals surface area contributed by atoms with Crippen LogP contribution in [0.3, 0.4) is 0 Å². The zero-order valence-electron chi connectivity index (χ0n) is 13.0. The van der Waals surface area contributed by atoms with Crippen molar-refractivity contribution < 1.29 is 14.3 Å². The van der Waals surface area contributed by atoms with Crippen LogP contribution in [0.4, 0.5) is 15.9 Å². The molecule has 126 valence electrons. The molecule has 0 unspecified atom stereocenters. The highest BCUT2D eigenvalue weighted by molar-refractivity contribution is 5.71. The predicted molar refractivity (Wildman–Crippen MR) is 88.1 cm³/mol. The fourth-order valence-electron chi connectivity index (χ4n) is 2.78. The number of benzene rings is 1. The lowest BCUT2D eigenvalue weighted by atomic mass is 10.1. The van der Waals surface area contributed by atoms with Gasteiger partial charge in [-0.2, -0.15) is 0 Å². The summed E-state index contributed by atoms with van der Waals surface area (Å²) < 4.78 is 13.9. The summed E-state index contributed by atoms with van der Waals surface area (Å²) in [6.07, 6.45) is 0. The van der Waals surface area contributed by atoms with Gasteiger partial charge in [0.25, 0.3) is 0 Å². The smallest absolute Gasteiger partial charge is 0.317 e. The monoisotopic (exact) mass is 331 g/mol. The van der Waals surface area contributed by atoms with Crippen molar-refractivity contribution in [3.63, 3.8) is 0 Å². The number of nitrogens with zero attached hydrogens (tertiary/aromatic N) is 4. The number of nitrogens with two attached hydrogens (primary N) is 1. The molecule has 24 heavy (non-hydrogen) atoms. The van der Waals surface area contributed by atoms with E-state index in [4.69, 9.17) is 10.8 Å². The molecule has 1 fully saturated rings. The quantitative estimate of drug-likeness (QED) is 0.865. The van der Waals surface area contributed by atoms with E-state index in [9.17, 15) is 9.18 Å². The van der Waals surface area contributed by atoms with Gasteiger partial charge >= 0.3 is 5.97 Å². The maximum Gasteiger partial charge on any atom is 0.317 e. The number of hydrogen-bond donors (Lipinski definition) is 2. The Kier molecular flexibility index (Phi) is 4.57. The summed E-state index contributed by atoms with van der Waals surface area (Å²) in [5, 5.41) is 16.8. The summed E-state index contributed by atoms with van der Waals surface area (Å²) in [4.78, 5) is 14.7. The van der Waals surface area contributed by atoms with Gasteiger partial charge in [-0.05, 0) is 18.2 Å². The van der Waals surface area contributed by atoms with Crippen LogP contribution in [0.5, 0.6) is 0 Å². The molecular weight excluding hydrogens is 313 g/mol. The first-order valence-corrected chi connectivity index (χ1v) is 7.62.